The summed E-state index contributed by atoms with van der Waals surface area (Å²) in [6.45, 7) is 10.9. The summed E-state index contributed by atoms with van der Waals surface area (Å²) in [6.07, 6.45) is 5.67. The Morgan fingerprint density at radius 3 is 2.12 bits per heavy atom. The Labute approximate surface area is 393 Å². The molecule has 1 heterocycles. The summed E-state index contributed by atoms with van der Waals surface area (Å²) in [4.78, 5) is 52.6. The first-order valence-electron chi connectivity index (χ1n) is 22.8. The number of halogens is 2. The lowest BCUT2D eigenvalue weighted by Gasteiger charge is -2.41. The molecule has 0 saturated heterocycles. The Morgan fingerprint density at radius 2 is 1.48 bits per heavy atom. The number of hydrogen-bond donors (Lipinski definition) is 5. The molecule has 0 spiro atoms. The molecule has 0 aliphatic carbocycles. The van der Waals surface area contributed by atoms with Crippen LogP contribution < -0.4 is 21.7 Å². The van der Waals surface area contributed by atoms with Crippen molar-refractivity contribution in [1.29, 1.82) is 0 Å². The van der Waals surface area contributed by atoms with E-state index in [4.69, 9.17) is 24.7 Å². The van der Waals surface area contributed by atoms with E-state index in [1.807, 2.05) is 62.7 Å². The number of carbonyl (C=O) groups is 4. The maximum atomic E-state index is 15.1. The SMILES string of the molecule is CNCCCCCC(=O)NCCOCCOCCOCCOCCC(=O)N[C@@H](CSCC(=O)N(CCCN)[C@@H](c1cc(-c2cc(F)ccc2F)cn1Cc1ccccc1)C(C)(C)C)C(=O)O. The van der Waals surface area contributed by atoms with Crippen LogP contribution in [-0.2, 0) is 44.7 Å². The number of unbranched alkanes of at least 4 members (excludes halogenated alkanes) is 2. The molecule has 368 valence electrons. The van der Waals surface area contributed by atoms with Gasteiger partial charge in [-0.3, -0.25) is 14.4 Å². The van der Waals surface area contributed by atoms with Crippen LogP contribution in [0, 0.1) is 17.0 Å². The van der Waals surface area contributed by atoms with Crippen LogP contribution in [0.15, 0.2) is 60.8 Å². The van der Waals surface area contributed by atoms with E-state index in [1.54, 1.807) is 17.2 Å². The molecule has 2 aromatic carbocycles. The number of aliphatic carboxylic acids is 1. The Hall–Kier alpha value is -4.43. The first kappa shape index (κ1) is 55.9. The summed E-state index contributed by atoms with van der Waals surface area (Å²) < 4.78 is 53.4. The molecule has 3 amide bonds. The third-order valence-electron chi connectivity index (χ3n) is 10.3. The summed E-state index contributed by atoms with van der Waals surface area (Å²) in [6, 6.07) is 13.0. The highest BCUT2D eigenvalue weighted by molar-refractivity contribution is 8.00. The number of ether oxygens (including phenoxy) is 4. The zero-order valence-corrected chi connectivity index (χ0v) is 39.9. The lowest BCUT2D eigenvalue weighted by atomic mass is 9.83. The van der Waals surface area contributed by atoms with Gasteiger partial charge in [-0.15, -0.1) is 11.8 Å². The van der Waals surface area contributed by atoms with Gasteiger partial charge in [0.15, 0.2) is 0 Å². The number of aromatic nitrogens is 1. The fraction of sp³-hybridized carbons (Fsp3) is 0.583. The van der Waals surface area contributed by atoms with Gasteiger partial charge in [-0.05, 0) is 74.6 Å². The number of nitrogens with one attached hydrogen (secondary N) is 3. The van der Waals surface area contributed by atoms with Crippen LogP contribution in [0.4, 0.5) is 8.78 Å². The zero-order chi connectivity index (χ0) is 48.2. The van der Waals surface area contributed by atoms with Gasteiger partial charge in [-0.1, -0.05) is 57.5 Å². The van der Waals surface area contributed by atoms with E-state index in [2.05, 4.69) is 16.0 Å². The molecular weight excluding hydrogens is 875 g/mol. The number of amides is 3. The second-order valence-electron chi connectivity index (χ2n) is 16.8. The summed E-state index contributed by atoms with van der Waals surface area (Å²) in [5.74, 6) is -3.27. The average molecular weight is 947 g/mol. The van der Waals surface area contributed by atoms with E-state index in [0.717, 1.165) is 61.3 Å². The van der Waals surface area contributed by atoms with Crippen LogP contribution in [0.2, 0.25) is 0 Å². The van der Waals surface area contributed by atoms with E-state index in [-0.39, 0.29) is 55.1 Å². The second kappa shape index (κ2) is 31.5. The number of carboxylic acid groups (broad SMARTS) is 1. The van der Waals surface area contributed by atoms with Gasteiger partial charge in [0.1, 0.15) is 17.7 Å². The lowest BCUT2D eigenvalue weighted by molar-refractivity contribution is -0.141. The molecule has 1 aromatic heterocycles. The van der Waals surface area contributed by atoms with Crippen LogP contribution in [0.3, 0.4) is 0 Å². The van der Waals surface area contributed by atoms with Crippen molar-refractivity contribution in [3.8, 4) is 11.1 Å². The van der Waals surface area contributed by atoms with E-state index in [1.165, 1.54) is 0 Å². The quantitative estimate of drug-likeness (QED) is 0.0472. The molecule has 0 radical (unpaired) electrons. The van der Waals surface area contributed by atoms with Crippen molar-refractivity contribution in [3.63, 3.8) is 0 Å². The Morgan fingerprint density at radius 1 is 0.818 bits per heavy atom. The third-order valence-corrected chi connectivity index (χ3v) is 11.4. The molecular formula is C48H72F2N6O9S. The van der Waals surface area contributed by atoms with Gasteiger partial charge in [0.05, 0.1) is 64.6 Å². The smallest absolute Gasteiger partial charge is 0.327 e. The van der Waals surface area contributed by atoms with E-state index in [0.29, 0.717) is 83.3 Å². The van der Waals surface area contributed by atoms with Crippen LogP contribution in [0.5, 0.6) is 0 Å². The minimum atomic E-state index is -1.25. The Bertz CT molecular complexity index is 1880. The minimum absolute atomic E-state index is 0.0338. The minimum Gasteiger partial charge on any atom is -0.480 e. The number of hydrogen-bond acceptors (Lipinski definition) is 11. The second-order valence-corrected chi connectivity index (χ2v) is 17.9. The first-order valence-corrected chi connectivity index (χ1v) is 23.9. The van der Waals surface area contributed by atoms with Crippen molar-refractivity contribution >= 4 is 35.5 Å². The van der Waals surface area contributed by atoms with Gasteiger partial charge in [0.25, 0.3) is 0 Å². The zero-order valence-electron chi connectivity index (χ0n) is 39.1. The van der Waals surface area contributed by atoms with Crippen molar-refractivity contribution in [1.82, 2.24) is 25.4 Å². The predicted molar refractivity (Wildman–Crippen MR) is 253 cm³/mol. The van der Waals surface area contributed by atoms with Gasteiger partial charge in [-0.25, -0.2) is 13.6 Å². The Kier molecular flexibility index (Phi) is 26.7. The van der Waals surface area contributed by atoms with Crippen LogP contribution in [-0.4, -0.2) is 142 Å². The summed E-state index contributed by atoms with van der Waals surface area (Å²) in [5, 5.41) is 18.4. The molecule has 15 nitrogen and oxygen atoms in total. The molecule has 66 heavy (non-hydrogen) atoms. The number of carboxylic acids is 1. The highest BCUT2D eigenvalue weighted by Gasteiger charge is 2.37. The summed E-state index contributed by atoms with van der Waals surface area (Å²) >= 11 is 1.09. The standard InChI is InChI=1S/C48H72F2N6O9S/c1-48(2,3)46(42-30-37(39-31-38(49)15-16-40(39)50)33-55(42)32-36-12-7-5-8-13-36)56(21-11-18-51)45(59)35-66-34-41(47(60)61)54-44(58)17-22-62-24-26-64-28-29-65-27-25-63-23-20-53-43(57)14-9-6-10-19-52-4/h5,7-8,12-13,15-16,30-31,33,41,46,52H,6,9-11,14,17-29,32,34-35,51H2,1-4H3,(H,53,57)(H,54,58)(H,60,61)/t41-,46-/m0/s1. The van der Waals surface area contributed by atoms with Gasteiger partial charge >= 0.3 is 5.97 Å². The van der Waals surface area contributed by atoms with Gasteiger partial charge in [0.2, 0.25) is 17.7 Å². The van der Waals surface area contributed by atoms with E-state index in [9.17, 15) is 28.7 Å². The molecule has 0 aliphatic heterocycles. The molecule has 18 heteroatoms. The number of nitrogens with zero attached hydrogens (tertiary/aromatic N) is 2. The fourth-order valence-corrected chi connectivity index (χ4v) is 8.02. The normalized spacial score (nSPS) is 12.5. The van der Waals surface area contributed by atoms with Crippen LogP contribution in [0.1, 0.15) is 76.6 Å². The van der Waals surface area contributed by atoms with Crippen LogP contribution >= 0.6 is 11.8 Å². The molecule has 6 N–H and O–H groups in total. The number of benzene rings is 2. The van der Waals surface area contributed by atoms with E-state index < -0.39 is 41.0 Å². The predicted octanol–water partition coefficient (Wildman–Crippen LogP) is 5.40. The van der Waals surface area contributed by atoms with Crippen molar-refractivity contribution in [2.45, 2.75) is 77.9 Å². The van der Waals surface area contributed by atoms with Gasteiger partial charge < -0.3 is 55.2 Å². The molecule has 3 aromatic rings. The molecule has 0 unspecified atom stereocenters. The van der Waals surface area contributed by atoms with Crippen molar-refractivity contribution in [3.05, 3.63) is 83.7 Å². The Balaban J connectivity index is 1.43. The van der Waals surface area contributed by atoms with Gasteiger partial charge in [-0.2, -0.15) is 0 Å². The van der Waals surface area contributed by atoms with Crippen molar-refractivity contribution in [2.75, 3.05) is 97.6 Å². The average Bonchev–Trinajstić information content (AvgIpc) is 3.68. The van der Waals surface area contributed by atoms with Crippen molar-refractivity contribution < 1.29 is 52.0 Å². The number of rotatable bonds is 35. The summed E-state index contributed by atoms with van der Waals surface area (Å²) in [5.41, 5.74) is 7.64. The van der Waals surface area contributed by atoms with E-state index >= 15 is 4.39 Å². The largest absolute Gasteiger partial charge is 0.480 e. The monoisotopic (exact) mass is 947 g/mol. The van der Waals surface area contributed by atoms with Gasteiger partial charge in [0, 0.05) is 61.2 Å². The summed E-state index contributed by atoms with van der Waals surface area (Å²) in [7, 11) is 1.91. The first-order chi connectivity index (χ1) is 31.7. The number of carbonyl (C=O) groups excluding carboxylic acids is 3. The lowest BCUT2D eigenvalue weighted by Crippen LogP contribution is -2.45. The van der Waals surface area contributed by atoms with Crippen molar-refractivity contribution in [2.24, 2.45) is 11.1 Å². The highest BCUT2D eigenvalue weighted by atomic mass is 32.2. The topological polar surface area (TPSA) is 196 Å². The maximum absolute atomic E-state index is 15.1. The molecule has 2 atom stereocenters. The fourth-order valence-electron chi connectivity index (χ4n) is 7.10. The maximum Gasteiger partial charge on any atom is 0.327 e. The molecule has 3 rings (SSSR count). The third kappa shape index (κ3) is 21.5. The number of nitrogens with two attached hydrogens (primary N) is 1. The van der Waals surface area contributed by atoms with Crippen LogP contribution in [0.25, 0.3) is 11.1 Å². The molecule has 0 aliphatic rings. The molecule has 0 fully saturated rings. The molecule has 0 bridgehead atoms. The molecule has 0 saturated carbocycles. The highest BCUT2D eigenvalue weighted by Crippen LogP contribution is 2.41. The number of thioether (sulfide) groups is 1.